The first-order valence-corrected chi connectivity index (χ1v) is 18.0. The minimum atomic E-state index is -1.03. The Labute approximate surface area is 287 Å². The number of rotatable bonds is 32. The molecule has 3 atom stereocenters. The molecule has 0 aromatic rings. The van der Waals surface area contributed by atoms with Crippen molar-refractivity contribution in [2.75, 3.05) is 58.9 Å². The molecule has 0 aliphatic heterocycles. The summed E-state index contributed by atoms with van der Waals surface area (Å²) in [6.07, 6.45) is 4.77. The first-order valence-electron chi connectivity index (χ1n) is 18.0. The molecule has 14 nitrogen and oxygen atoms in total. The van der Waals surface area contributed by atoms with Gasteiger partial charge in [-0.05, 0) is 19.3 Å². The number of Topliss-reactive ketones (excluding diaryl/α,β-unsaturated/α-hetero) is 2. The lowest BCUT2D eigenvalue weighted by Crippen LogP contribution is -2.40. The minimum Gasteiger partial charge on any atom is -0.454 e. The third kappa shape index (κ3) is 23.4. The summed E-state index contributed by atoms with van der Waals surface area (Å²) < 4.78 is 5.48. The van der Waals surface area contributed by atoms with Gasteiger partial charge in [0.1, 0.15) is 5.78 Å². The lowest BCUT2D eigenvalue weighted by atomic mass is 9.88. The van der Waals surface area contributed by atoms with Gasteiger partial charge >= 0.3 is 5.97 Å². The van der Waals surface area contributed by atoms with E-state index in [4.69, 9.17) is 16.2 Å². The third-order valence-corrected chi connectivity index (χ3v) is 7.75. The van der Waals surface area contributed by atoms with E-state index in [1.54, 1.807) is 6.92 Å². The van der Waals surface area contributed by atoms with E-state index in [-0.39, 0.29) is 51.0 Å². The monoisotopic (exact) mass is 683 g/mol. The van der Waals surface area contributed by atoms with E-state index in [0.29, 0.717) is 58.8 Å². The van der Waals surface area contributed by atoms with Crippen molar-refractivity contribution < 1.29 is 33.5 Å². The van der Waals surface area contributed by atoms with Gasteiger partial charge in [0, 0.05) is 91.0 Å². The predicted octanol–water partition coefficient (Wildman–Crippen LogP) is 0.845. The molecule has 0 saturated carbocycles. The van der Waals surface area contributed by atoms with E-state index >= 15 is 0 Å². The maximum Gasteiger partial charge on any atom is 0.306 e. The summed E-state index contributed by atoms with van der Waals surface area (Å²) in [6, 6.07) is 0. The highest BCUT2D eigenvalue weighted by molar-refractivity contribution is 5.95. The van der Waals surface area contributed by atoms with Crippen molar-refractivity contribution in [3.63, 3.8) is 0 Å². The van der Waals surface area contributed by atoms with E-state index < -0.39 is 47.3 Å². The van der Waals surface area contributed by atoms with Crippen molar-refractivity contribution in [1.29, 1.82) is 0 Å². The molecule has 0 saturated heterocycles. The van der Waals surface area contributed by atoms with E-state index in [0.717, 1.165) is 38.5 Å². The van der Waals surface area contributed by atoms with Gasteiger partial charge in [-0.25, -0.2) is 0 Å². The molecule has 3 unspecified atom stereocenters. The van der Waals surface area contributed by atoms with Gasteiger partial charge in [-0.1, -0.05) is 52.9 Å². The summed E-state index contributed by atoms with van der Waals surface area (Å²) in [5.74, 6) is -4.57. The topological polar surface area (TPSA) is 224 Å². The van der Waals surface area contributed by atoms with Crippen molar-refractivity contribution in [1.82, 2.24) is 26.6 Å². The van der Waals surface area contributed by atoms with E-state index in [2.05, 4.69) is 33.5 Å². The fourth-order valence-corrected chi connectivity index (χ4v) is 4.98. The Kier molecular flexibility index (Phi) is 28.3. The van der Waals surface area contributed by atoms with Crippen LogP contribution in [0.1, 0.15) is 104 Å². The van der Waals surface area contributed by atoms with Crippen LogP contribution in [0.4, 0.5) is 0 Å². The van der Waals surface area contributed by atoms with Crippen LogP contribution in [0.5, 0.6) is 0 Å². The van der Waals surface area contributed by atoms with E-state index in [9.17, 15) is 28.8 Å². The van der Waals surface area contributed by atoms with Crippen LogP contribution in [-0.4, -0.2) is 100 Å². The van der Waals surface area contributed by atoms with Crippen LogP contribution in [0.3, 0.4) is 0 Å². The van der Waals surface area contributed by atoms with Gasteiger partial charge in [-0.2, -0.15) is 0 Å². The summed E-state index contributed by atoms with van der Waals surface area (Å²) in [6.45, 7) is 9.86. The average molecular weight is 684 g/mol. The Morgan fingerprint density at radius 3 is 1.69 bits per heavy atom. The van der Waals surface area contributed by atoms with Crippen LogP contribution < -0.4 is 38.1 Å². The van der Waals surface area contributed by atoms with E-state index in [1.807, 2.05) is 6.92 Å². The summed E-state index contributed by atoms with van der Waals surface area (Å²) >= 11 is 0. The van der Waals surface area contributed by atoms with Gasteiger partial charge < -0.3 is 42.8 Å². The maximum absolute atomic E-state index is 13.4. The van der Waals surface area contributed by atoms with Crippen LogP contribution in [0, 0.1) is 11.8 Å². The Morgan fingerprint density at radius 2 is 1.12 bits per heavy atom. The normalized spacial score (nSPS) is 12.9. The van der Waals surface area contributed by atoms with Gasteiger partial charge in [0.2, 0.25) is 17.7 Å². The van der Waals surface area contributed by atoms with Gasteiger partial charge in [0.15, 0.2) is 11.9 Å². The second-order valence-corrected chi connectivity index (χ2v) is 12.1. The minimum absolute atomic E-state index is 0.199. The Bertz CT molecular complexity index is 936. The summed E-state index contributed by atoms with van der Waals surface area (Å²) in [7, 11) is 0. The van der Waals surface area contributed by atoms with Gasteiger partial charge in [0.05, 0.1) is 11.8 Å². The zero-order valence-electron chi connectivity index (χ0n) is 29.8. The highest BCUT2D eigenvalue weighted by Gasteiger charge is 2.31. The second kappa shape index (κ2) is 30.1. The highest BCUT2D eigenvalue weighted by Crippen LogP contribution is 2.19. The molecular weight excluding hydrogens is 618 g/mol. The molecule has 0 fully saturated rings. The zero-order valence-corrected chi connectivity index (χ0v) is 29.8. The van der Waals surface area contributed by atoms with Crippen LogP contribution in [0.2, 0.25) is 0 Å². The number of esters is 1. The number of ether oxygens (including phenoxy) is 1. The molecule has 0 bridgehead atoms. The zero-order chi connectivity index (χ0) is 36.0. The van der Waals surface area contributed by atoms with E-state index in [1.165, 1.54) is 0 Å². The molecule has 0 aromatic heterocycles. The van der Waals surface area contributed by atoms with Crippen molar-refractivity contribution in [3.05, 3.63) is 0 Å². The first kappa shape index (κ1) is 45.1. The molecule has 278 valence electrons. The summed E-state index contributed by atoms with van der Waals surface area (Å²) in [5, 5.41) is 14.4. The molecule has 9 N–H and O–H groups in total. The number of hydrogen-bond donors (Lipinski definition) is 7. The SMILES string of the molecule is CCCCCCCC(=O)OC(CC)C(=O)CC(CC(=O)CC(CC(=O)NCCNCCN)C(=O)NCCCC)C(=O)NCCNCCN. The maximum atomic E-state index is 13.4. The molecule has 3 amide bonds. The van der Waals surface area contributed by atoms with Crippen LogP contribution in [-0.2, 0) is 33.5 Å². The van der Waals surface area contributed by atoms with Crippen LogP contribution in [0.25, 0.3) is 0 Å². The quantitative estimate of drug-likeness (QED) is 0.0389. The first-order chi connectivity index (χ1) is 23.1. The van der Waals surface area contributed by atoms with Gasteiger partial charge in [-0.15, -0.1) is 0 Å². The van der Waals surface area contributed by atoms with Crippen LogP contribution >= 0.6 is 0 Å². The molecule has 0 aromatic carbocycles. The third-order valence-electron chi connectivity index (χ3n) is 7.75. The van der Waals surface area contributed by atoms with Gasteiger partial charge in [0.25, 0.3) is 0 Å². The number of carbonyl (C=O) groups is 6. The van der Waals surface area contributed by atoms with Gasteiger partial charge in [-0.3, -0.25) is 28.8 Å². The largest absolute Gasteiger partial charge is 0.454 e. The molecular formula is C34H65N7O7. The molecule has 0 radical (unpaired) electrons. The lowest BCUT2D eigenvalue weighted by Gasteiger charge is -2.21. The molecule has 48 heavy (non-hydrogen) atoms. The summed E-state index contributed by atoms with van der Waals surface area (Å²) in [5.41, 5.74) is 11.0. The Morgan fingerprint density at radius 1 is 0.583 bits per heavy atom. The molecule has 0 heterocycles. The molecule has 14 heteroatoms. The fraction of sp³-hybridized carbons (Fsp3) is 0.824. The van der Waals surface area contributed by atoms with Crippen molar-refractivity contribution >= 4 is 35.3 Å². The molecule has 0 spiro atoms. The van der Waals surface area contributed by atoms with Crippen molar-refractivity contribution in [3.8, 4) is 0 Å². The average Bonchev–Trinajstić information content (AvgIpc) is 3.06. The highest BCUT2D eigenvalue weighted by atomic mass is 16.5. The standard InChI is InChI=1S/C34H65N7O7/c1-4-7-9-10-11-12-32(45)48-30(6-3)29(43)24-26(33(46)41-21-19-38-17-14-36)22-28(42)23-27(34(47)40-15-8-5-2)25-31(44)39-20-18-37-16-13-35/h26-27,30,37-38H,4-25,35-36H2,1-3H3,(H,39,44)(H,40,47)(H,41,46). The number of amides is 3. The Balaban J connectivity index is 5.58. The Hall–Kier alpha value is -2.94. The molecule has 0 aliphatic carbocycles. The predicted molar refractivity (Wildman–Crippen MR) is 187 cm³/mol. The number of hydrogen-bond acceptors (Lipinski definition) is 11. The number of carbonyl (C=O) groups excluding carboxylic acids is 6. The number of ketones is 2. The summed E-state index contributed by atoms with van der Waals surface area (Å²) in [4.78, 5) is 78.1. The second-order valence-electron chi connectivity index (χ2n) is 12.1. The number of unbranched alkanes of at least 4 members (excludes halogenated alkanes) is 5. The molecule has 0 rings (SSSR count). The smallest absolute Gasteiger partial charge is 0.306 e. The van der Waals surface area contributed by atoms with Crippen LogP contribution in [0.15, 0.2) is 0 Å². The fourth-order valence-electron chi connectivity index (χ4n) is 4.98. The van der Waals surface area contributed by atoms with Crippen molar-refractivity contribution in [2.24, 2.45) is 23.3 Å². The lowest BCUT2D eigenvalue weighted by molar-refractivity contribution is -0.156. The molecule has 0 aliphatic rings. The number of nitrogens with one attached hydrogen (secondary N) is 5. The van der Waals surface area contributed by atoms with Crippen molar-refractivity contribution in [2.45, 2.75) is 110 Å². The number of nitrogens with two attached hydrogens (primary N) is 2.